The van der Waals surface area contributed by atoms with E-state index in [1.54, 1.807) is 18.2 Å². The van der Waals surface area contributed by atoms with Gasteiger partial charge in [-0.1, -0.05) is 13.8 Å². The van der Waals surface area contributed by atoms with Crippen LogP contribution in [0.15, 0.2) is 18.2 Å². The number of anilines is 1. The summed E-state index contributed by atoms with van der Waals surface area (Å²) in [5.74, 6) is 0.684. The fourth-order valence-electron chi connectivity index (χ4n) is 2.04. The number of likely N-dealkylation sites (N-methyl/N-ethyl adjacent to an activating group) is 1. The summed E-state index contributed by atoms with van der Waals surface area (Å²) >= 11 is 0. The number of ether oxygens (including phenoxy) is 1. The molecule has 0 heterocycles. The summed E-state index contributed by atoms with van der Waals surface area (Å²) < 4.78 is 5.50. The Morgan fingerprint density at radius 2 is 2.10 bits per heavy atom. The first-order valence-corrected chi connectivity index (χ1v) is 7.51. The molecule has 1 rings (SSSR count). The largest absolute Gasteiger partial charge is 0.491 e. The van der Waals surface area contributed by atoms with Crippen molar-refractivity contribution in [3.63, 3.8) is 0 Å². The van der Waals surface area contributed by atoms with Crippen molar-refractivity contribution in [1.82, 2.24) is 4.90 Å². The normalized spacial score (nSPS) is 10.9. The first-order valence-electron chi connectivity index (χ1n) is 7.51. The summed E-state index contributed by atoms with van der Waals surface area (Å²) in [4.78, 5) is 14.2. The van der Waals surface area contributed by atoms with E-state index in [1.807, 2.05) is 18.7 Å². The minimum atomic E-state index is 0.0557. The number of rotatable bonds is 10. The molecule has 1 aromatic carbocycles. The van der Waals surface area contributed by atoms with E-state index in [4.69, 9.17) is 15.6 Å². The fourth-order valence-corrected chi connectivity index (χ4v) is 2.04. The van der Waals surface area contributed by atoms with Crippen LogP contribution in [0.2, 0.25) is 0 Å². The van der Waals surface area contributed by atoms with Crippen molar-refractivity contribution in [3.8, 4) is 5.75 Å². The molecular formula is C16H26N2O3. The zero-order valence-corrected chi connectivity index (χ0v) is 13.0. The van der Waals surface area contributed by atoms with Crippen LogP contribution in [-0.2, 0) is 0 Å². The molecule has 0 aromatic heterocycles. The lowest BCUT2D eigenvalue weighted by atomic mass is 10.1. The van der Waals surface area contributed by atoms with Gasteiger partial charge in [-0.3, -0.25) is 4.79 Å². The van der Waals surface area contributed by atoms with Crippen molar-refractivity contribution in [1.29, 1.82) is 0 Å². The predicted molar refractivity (Wildman–Crippen MR) is 84.8 cm³/mol. The Morgan fingerprint density at radius 3 is 2.67 bits per heavy atom. The van der Waals surface area contributed by atoms with Crippen molar-refractivity contribution in [2.24, 2.45) is 0 Å². The van der Waals surface area contributed by atoms with Gasteiger partial charge >= 0.3 is 0 Å². The van der Waals surface area contributed by atoms with Crippen LogP contribution < -0.4 is 10.5 Å². The lowest BCUT2D eigenvalue weighted by Crippen LogP contribution is -2.29. The van der Waals surface area contributed by atoms with Crippen molar-refractivity contribution in [2.75, 3.05) is 38.6 Å². The van der Waals surface area contributed by atoms with Crippen LogP contribution in [0.5, 0.6) is 5.75 Å². The number of aliphatic hydroxyl groups is 1. The van der Waals surface area contributed by atoms with E-state index < -0.39 is 0 Å². The maximum Gasteiger partial charge on any atom is 0.164 e. The fraction of sp³-hybridized carbons (Fsp3) is 0.562. The van der Waals surface area contributed by atoms with Gasteiger partial charge < -0.3 is 20.5 Å². The molecule has 0 amide bonds. The summed E-state index contributed by atoms with van der Waals surface area (Å²) in [6.45, 7) is 6.82. The summed E-state index contributed by atoms with van der Waals surface area (Å²) in [6, 6.07) is 5.19. The highest BCUT2D eigenvalue weighted by molar-refractivity contribution is 5.97. The summed E-state index contributed by atoms with van der Waals surface area (Å²) in [6.07, 6.45) is 1.33. The number of benzene rings is 1. The number of hydrogen-bond acceptors (Lipinski definition) is 5. The Morgan fingerprint density at radius 1 is 1.33 bits per heavy atom. The minimum Gasteiger partial charge on any atom is -0.491 e. The molecule has 0 aliphatic heterocycles. The summed E-state index contributed by atoms with van der Waals surface area (Å²) in [7, 11) is 0. The number of carbonyl (C=O) groups is 1. The third kappa shape index (κ3) is 5.73. The van der Waals surface area contributed by atoms with Crippen LogP contribution in [0.1, 0.15) is 37.0 Å². The molecule has 0 bridgehead atoms. The van der Waals surface area contributed by atoms with Crippen molar-refractivity contribution in [2.45, 2.75) is 26.7 Å². The first kappa shape index (κ1) is 17.5. The van der Waals surface area contributed by atoms with Gasteiger partial charge in [-0.25, -0.2) is 0 Å². The highest BCUT2D eigenvalue weighted by atomic mass is 16.5. The third-order valence-electron chi connectivity index (χ3n) is 3.31. The average Bonchev–Trinajstić information content (AvgIpc) is 2.49. The van der Waals surface area contributed by atoms with Crippen molar-refractivity contribution < 1.29 is 14.6 Å². The molecule has 0 aliphatic carbocycles. The summed E-state index contributed by atoms with van der Waals surface area (Å²) in [5.41, 5.74) is 7.01. The molecule has 3 N–H and O–H groups in total. The maximum atomic E-state index is 12.2. The van der Waals surface area contributed by atoms with E-state index >= 15 is 0 Å². The molecule has 0 unspecified atom stereocenters. The number of carbonyl (C=O) groups excluding carboxylic acids is 1. The van der Waals surface area contributed by atoms with E-state index in [9.17, 15) is 4.79 Å². The average molecular weight is 294 g/mol. The number of nitrogen functional groups attached to an aromatic ring is 1. The third-order valence-corrected chi connectivity index (χ3v) is 3.31. The molecule has 0 saturated heterocycles. The Labute approximate surface area is 126 Å². The predicted octanol–water partition coefficient (Wildman–Crippen LogP) is 1.94. The SMILES string of the molecule is CCCOc1ccc(C(=O)CCN(CC)CCO)cc1N. The van der Waals surface area contributed by atoms with Gasteiger partial charge in [0.15, 0.2) is 5.78 Å². The Balaban J connectivity index is 2.60. The van der Waals surface area contributed by atoms with Gasteiger partial charge in [-0.2, -0.15) is 0 Å². The second-order valence-electron chi connectivity index (χ2n) is 4.93. The van der Waals surface area contributed by atoms with E-state index in [-0.39, 0.29) is 12.4 Å². The zero-order chi connectivity index (χ0) is 15.7. The number of nitrogens with two attached hydrogens (primary N) is 1. The molecule has 1 aromatic rings. The smallest absolute Gasteiger partial charge is 0.164 e. The van der Waals surface area contributed by atoms with Crippen LogP contribution >= 0.6 is 0 Å². The molecule has 0 radical (unpaired) electrons. The van der Waals surface area contributed by atoms with Gasteiger partial charge in [0.1, 0.15) is 5.75 Å². The quantitative estimate of drug-likeness (QED) is 0.509. The molecule has 118 valence electrons. The van der Waals surface area contributed by atoms with Gasteiger partial charge in [0, 0.05) is 25.1 Å². The Bertz CT molecular complexity index is 449. The highest BCUT2D eigenvalue weighted by Gasteiger charge is 2.11. The number of ketones is 1. The van der Waals surface area contributed by atoms with Gasteiger partial charge in [0.05, 0.1) is 18.9 Å². The van der Waals surface area contributed by atoms with Crippen LogP contribution in [0.3, 0.4) is 0 Å². The van der Waals surface area contributed by atoms with Crippen molar-refractivity contribution in [3.05, 3.63) is 23.8 Å². The molecular weight excluding hydrogens is 268 g/mol. The standard InChI is InChI=1S/C16H26N2O3/c1-3-11-21-16-6-5-13(12-14(16)17)15(20)7-8-18(4-2)9-10-19/h5-6,12,19H,3-4,7-11,17H2,1-2H3. The van der Waals surface area contributed by atoms with E-state index in [0.29, 0.717) is 43.1 Å². The van der Waals surface area contributed by atoms with Gasteiger partial charge in [0.25, 0.3) is 0 Å². The number of nitrogens with zero attached hydrogens (tertiary/aromatic N) is 1. The second-order valence-corrected chi connectivity index (χ2v) is 4.93. The zero-order valence-electron chi connectivity index (χ0n) is 13.0. The molecule has 5 nitrogen and oxygen atoms in total. The number of Topliss-reactive ketones (excluding diaryl/α,β-unsaturated/α-hetero) is 1. The number of aliphatic hydroxyl groups excluding tert-OH is 1. The Hall–Kier alpha value is -1.59. The molecule has 0 fully saturated rings. The van der Waals surface area contributed by atoms with Crippen LogP contribution in [0, 0.1) is 0 Å². The molecule has 0 aliphatic rings. The second kappa shape index (κ2) is 9.37. The molecule has 0 atom stereocenters. The van der Waals surface area contributed by atoms with Gasteiger partial charge in [-0.15, -0.1) is 0 Å². The maximum absolute atomic E-state index is 12.2. The Kier molecular flexibility index (Phi) is 7.79. The summed E-state index contributed by atoms with van der Waals surface area (Å²) in [5, 5.41) is 8.93. The van der Waals surface area contributed by atoms with Crippen molar-refractivity contribution >= 4 is 11.5 Å². The van der Waals surface area contributed by atoms with E-state index in [1.165, 1.54) is 0 Å². The van der Waals surface area contributed by atoms with Gasteiger partial charge in [-0.05, 0) is 31.2 Å². The molecule has 5 heteroatoms. The van der Waals surface area contributed by atoms with Crippen LogP contribution in [0.25, 0.3) is 0 Å². The monoisotopic (exact) mass is 294 g/mol. The molecule has 21 heavy (non-hydrogen) atoms. The lowest BCUT2D eigenvalue weighted by molar-refractivity contribution is 0.0959. The van der Waals surface area contributed by atoms with E-state index in [0.717, 1.165) is 13.0 Å². The minimum absolute atomic E-state index is 0.0557. The van der Waals surface area contributed by atoms with Gasteiger partial charge in [0.2, 0.25) is 0 Å². The molecule has 0 saturated carbocycles. The van der Waals surface area contributed by atoms with Crippen LogP contribution in [0.4, 0.5) is 5.69 Å². The topological polar surface area (TPSA) is 75.8 Å². The number of hydrogen-bond donors (Lipinski definition) is 2. The highest BCUT2D eigenvalue weighted by Crippen LogP contribution is 2.23. The van der Waals surface area contributed by atoms with Crippen LogP contribution in [-0.4, -0.2) is 48.6 Å². The first-order chi connectivity index (χ1) is 10.1. The molecule has 0 spiro atoms. The lowest BCUT2D eigenvalue weighted by Gasteiger charge is -2.18. The van der Waals surface area contributed by atoms with E-state index in [2.05, 4.69) is 0 Å².